The summed E-state index contributed by atoms with van der Waals surface area (Å²) in [7, 11) is 0. The van der Waals surface area contributed by atoms with Gasteiger partial charge in [0.1, 0.15) is 11.6 Å². The van der Waals surface area contributed by atoms with E-state index < -0.39 is 17.9 Å². The molecule has 1 atom stereocenters. The highest BCUT2D eigenvalue weighted by Crippen LogP contribution is 2.24. The Hall–Kier alpha value is -2.36. The van der Waals surface area contributed by atoms with Gasteiger partial charge in [0.2, 0.25) is 6.10 Å². The van der Waals surface area contributed by atoms with Crippen molar-refractivity contribution < 1.29 is 19.0 Å². The molecule has 104 valence electrons. The summed E-state index contributed by atoms with van der Waals surface area (Å²) in [5.74, 6) is -1.17. The summed E-state index contributed by atoms with van der Waals surface area (Å²) in [6.45, 7) is 3.55. The Morgan fingerprint density at radius 1 is 1.15 bits per heavy atom. The largest absolute Gasteiger partial charge is 0.478 e. The van der Waals surface area contributed by atoms with Crippen LogP contribution in [0.2, 0.25) is 0 Å². The number of carboxylic acid groups (broad SMARTS) is 1. The zero-order valence-corrected chi connectivity index (χ0v) is 11.3. The fourth-order valence-corrected chi connectivity index (χ4v) is 1.79. The normalized spacial score (nSPS) is 11.9. The number of ether oxygens (including phenoxy) is 1. The third-order valence-corrected chi connectivity index (χ3v) is 3.00. The molecule has 0 radical (unpaired) electrons. The maximum Gasteiger partial charge on any atom is 0.349 e. The van der Waals surface area contributed by atoms with Crippen molar-refractivity contribution in [3.8, 4) is 5.75 Å². The van der Waals surface area contributed by atoms with E-state index in [0.29, 0.717) is 11.3 Å². The van der Waals surface area contributed by atoms with Gasteiger partial charge < -0.3 is 9.84 Å². The Morgan fingerprint density at radius 2 is 1.80 bits per heavy atom. The molecule has 0 saturated carbocycles. The van der Waals surface area contributed by atoms with Crippen molar-refractivity contribution in [3.63, 3.8) is 0 Å². The second-order valence-electron chi connectivity index (χ2n) is 4.66. The molecular formula is C16H15FO3. The van der Waals surface area contributed by atoms with E-state index in [9.17, 15) is 14.3 Å². The van der Waals surface area contributed by atoms with Crippen molar-refractivity contribution in [2.24, 2.45) is 0 Å². The van der Waals surface area contributed by atoms with E-state index in [1.165, 1.54) is 6.07 Å². The average molecular weight is 274 g/mol. The van der Waals surface area contributed by atoms with Crippen LogP contribution in [0.1, 0.15) is 22.8 Å². The summed E-state index contributed by atoms with van der Waals surface area (Å²) in [5, 5.41) is 9.26. The SMILES string of the molecule is Cc1ccc(OC(C(=O)O)c2ccc(C)c(F)c2)cc1. The van der Waals surface area contributed by atoms with Crippen LogP contribution in [0.4, 0.5) is 4.39 Å². The molecule has 0 heterocycles. The van der Waals surface area contributed by atoms with E-state index in [1.807, 2.05) is 19.1 Å². The lowest BCUT2D eigenvalue weighted by Crippen LogP contribution is -2.18. The molecule has 0 aromatic heterocycles. The Morgan fingerprint density at radius 3 is 2.35 bits per heavy atom. The van der Waals surface area contributed by atoms with E-state index in [2.05, 4.69) is 0 Å². The number of halogens is 1. The molecule has 0 fully saturated rings. The average Bonchev–Trinajstić information content (AvgIpc) is 2.41. The molecule has 1 N–H and O–H groups in total. The van der Waals surface area contributed by atoms with E-state index in [-0.39, 0.29) is 5.56 Å². The smallest absolute Gasteiger partial charge is 0.349 e. The second-order valence-corrected chi connectivity index (χ2v) is 4.66. The van der Waals surface area contributed by atoms with Gasteiger partial charge in [-0.05, 0) is 37.6 Å². The molecular weight excluding hydrogens is 259 g/mol. The lowest BCUT2D eigenvalue weighted by Gasteiger charge is -2.16. The molecule has 2 rings (SSSR count). The minimum Gasteiger partial charge on any atom is -0.478 e. The van der Waals surface area contributed by atoms with Crippen LogP contribution in [-0.2, 0) is 4.79 Å². The molecule has 0 amide bonds. The maximum atomic E-state index is 13.5. The molecule has 1 unspecified atom stereocenters. The summed E-state index contributed by atoms with van der Waals surface area (Å²) in [6, 6.07) is 11.3. The highest BCUT2D eigenvalue weighted by molar-refractivity contribution is 5.74. The summed E-state index contributed by atoms with van der Waals surface area (Å²) in [6.07, 6.45) is -1.23. The summed E-state index contributed by atoms with van der Waals surface area (Å²) >= 11 is 0. The summed E-state index contributed by atoms with van der Waals surface area (Å²) in [4.78, 5) is 11.3. The van der Waals surface area contributed by atoms with Gasteiger partial charge >= 0.3 is 5.97 Å². The topological polar surface area (TPSA) is 46.5 Å². The second kappa shape index (κ2) is 5.74. The van der Waals surface area contributed by atoms with E-state index in [4.69, 9.17) is 4.74 Å². The van der Waals surface area contributed by atoms with Gasteiger partial charge in [0.05, 0.1) is 0 Å². The first-order valence-corrected chi connectivity index (χ1v) is 6.19. The summed E-state index contributed by atoms with van der Waals surface area (Å²) in [5.41, 5.74) is 1.79. The molecule has 0 aliphatic carbocycles. The highest BCUT2D eigenvalue weighted by Gasteiger charge is 2.22. The predicted octanol–water partition coefficient (Wildman–Crippen LogP) is 3.65. The van der Waals surface area contributed by atoms with Gasteiger partial charge in [0.25, 0.3) is 0 Å². The molecule has 0 saturated heterocycles. The van der Waals surface area contributed by atoms with Crippen molar-refractivity contribution in [2.75, 3.05) is 0 Å². The van der Waals surface area contributed by atoms with Crippen LogP contribution in [0.5, 0.6) is 5.75 Å². The van der Waals surface area contributed by atoms with Crippen LogP contribution in [-0.4, -0.2) is 11.1 Å². The molecule has 0 bridgehead atoms. The number of benzene rings is 2. The zero-order valence-electron chi connectivity index (χ0n) is 11.3. The van der Waals surface area contributed by atoms with Crippen LogP contribution in [0.25, 0.3) is 0 Å². The van der Waals surface area contributed by atoms with Crippen molar-refractivity contribution in [2.45, 2.75) is 20.0 Å². The van der Waals surface area contributed by atoms with Gasteiger partial charge in [-0.1, -0.05) is 29.8 Å². The minimum atomic E-state index is -1.23. The Labute approximate surface area is 116 Å². The molecule has 2 aromatic rings. The van der Waals surface area contributed by atoms with Crippen LogP contribution >= 0.6 is 0 Å². The maximum absolute atomic E-state index is 13.5. The monoisotopic (exact) mass is 274 g/mol. The first kappa shape index (κ1) is 14.1. The van der Waals surface area contributed by atoms with Gasteiger partial charge in [-0.15, -0.1) is 0 Å². The fraction of sp³-hybridized carbons (Fsp3) is 0.188. The Balaban J connectivity index is 2.29. The zero-order chi connectivity index (χ0) is 14.7. The summed E-state index contributed by atoms with van der Waals surface area (Å²) < 4.78 is 19.0. The molecule has 0 aliphatic heterocycles. The predicted molar refractivity (Wildman–Crippen MR) is 73.3 cm³/mol. The third-order valence-electron chi connectivity index (χ3n) is 3.00. The van der Waals surface area contributed by atoms with Crippen molar-refractivity contribution >= 4 is 5.97 Å². The number of rotatable bonds is 4. The molecule has 2 aromatic carbocycles. The van der Waals surface area contributed by atoms with Gasteiger partial charge in [-0.3, -0.25) is 0 Å². The van der Waals surface area contributed by atoms with E-state index in [0.717, 1.165) is 5.56 Å². The Kier molecular flexibility index (Phi) is 4.03. The van der Waals surface area contributed by atoms with Crippen LogP contribution in [0, 0.1) is 19.7 Å². The molecule has 3 nitrogen and oxygen atoms in total. The Bertz CT molecular complexity index is 620. The van der Waals surface area contributed by atoms with Crippen molar-refractivity contribution in [3.05, 3.63) is 65.0 Å². The first-order chi connectivity index (χ1) is 9.47. The lowest BCUT2D eigenvalue weighted by atomic mass is 10.1. The number of hydrogen-bond donors (Lipinski definition) is 1. The van der Waals surface area contributed by atoms with Gasteiger partial charge in [0.15, 0.2) is 0 Å². The number of carbonyl (C=O) groups is 1. The first-order valence-electron chi connectivity index (χ1n) is 6.19. The molecule has 4 heteroatoms. The fourth-order valence-electron chi connectivity index (χ4n) is 1.79. The third kappa shape index (κ3) is 3.15. The molecule has 0 aliphatic rings. The van der Waals surface area contributed by atoms with Crippen LogP contribution in [0.15, 0.2) is 42.5 Å². The van der Waals surface area contributed by atoms with Crippen molar-refractivity contribution in [1.29, 1.82) is 0 Å². The number of carboxylic acids is 1. The molecule has 20 heavy (non-hydrogen) atoms. The van der Waals surface area contributed by atoms with Crippen LogP contribution in [0.3, 0.4) is 0 Å². The van der Waals surface area contributed by atoms with Gasteiger partial charge in [0, 0.05) is 5.56 Å². The van der Waals surface area contributed by atoms with Crippen molar-refractivity contribution in [1.82, 2.24) is 0 Å². The van der Waals surface area contributed by atoms with Gasteiger partial charge in [-0.25, -0.2) is 9.18 Å². The molecule has 0 spiro atoms. The van der Waals surface area contributed by atoms with E-state index >= 15 is 0 Å². The number of hydrogen-bond acceptors (Lipinski definition) is 2. The minimum absolute atomic E-state index is 0.279. The standard InChI is InChI=1S/C16H15FO3/c1-10-3-7-13(8-4-10)20-15(16(18)19)12-6-5-11(2)14(17)9-12/h3-9,15H,1-2H3,(H,18,19). The highest BCUT2D eigenvalue weighted by atomic mass is 19.1. The lowest BCUT2D eigenvalue weighted by molar-refractivity contribution is -0.145. The van der Waals surface area contributed by atoms with Gasteiger partial charge in [-0.2, -0.15) is 0 Å². The quantitative estimate of drug-likeness (QED) is 0.925. The van der Waals surface area contributed by atoms with E-state index in [1.54, 1.807) is 31.2 Å². The number of aryl methyl sites for hydroxylation is 2. The van der Waals surface area contributed by atoms with Crippen LogP contribution < -0.4 is 4.74 Å². The number of aliphatic carboxylic acids is 1.